The largest absolute Gasteiger partial charge is 0.382 e. The number of hydrogen-bond acceptors (Lipinski definition) is 3. The van der Waals surface area contributed by atoms with Gasteiger partial charge < -0.3 is 15.5 Å². The van der Waals surface area contributed by atoms with E-state index >= 15 is 0 Å². The molecule has 21 heavy (non-hydrogen) atoms. The van der Waals surface area contributed by atoms with Gasteiger partial charge in [0.25, 0.3) is 5.91 Å². The number of benzene rings is 2. The first-order valence-electron chi connectivity index (χ1n) is 7.29. The Morgan fingerprint density at radius 1 is 1.05 bits per heavy atom. The van der Waals surface area contributed by atoms with Crippen molar-refractivity contribution in [3.8, 4) is 0 Å². The Kier molecular flexibility index (Phi) is 3.77. The second kappa shape index (κ2) is 5.87. The molecule has 0 fully saturated rings. The molecule has 1 aliphatic rings. The van der Waals surface area contributed by atoms with E-state index in [1.54, 1.807) is 4.90 Å². The molecule has 0 unspecified atom stereocenters. The fourth-order valence-corrected chi connectivity index (χ4v) is 2.65. The van der Waals surface area contributed by atoms with Gasteiger partial charge in [0.2, 0.25) is 0 Å². The van der Waals surface area contributed by atoms with Crippen molar-refractivity contribution >= 4 is 23.0 Å². The first-order valence-corrected chi connectivity index (χ1v) is 7.29. The van der Waals surface area contributed by atoms with E-state index in [2.05, 4.69) is 10.6 Å². The molecule has 0 aliphatic carbocycles. The van der Waals surface area contributed by atoms with Gasteiger partial charge >= 0.3 is 0 Å². The summed E-state index contributed by atoms with van der Waals surface area (Å²) in [5, 5.41) is 6.65. The molecule has 3 rings (SSSR count). The molecule has 0 spiro atoms. The highest BCUT2D eigenvalue weighted by molar-refractivity contribution is 6.11. The summed E-state index contributed by atoms with van der Waals surface area (Å²) in [4.78, 5) is 14.7. The lowest BCUT2D eigenvalue weighted by Crippen LogP contribution is -2.32. The zero-order valence-electron chi connectivity index (χ0n) is 12.1. The van der Waals surface area contributed by atoms with Crippen LogP contribution in [-0.4, -0.2) is 25.5 Å². The molecule has 4 nitrogen and oxygen atoms in total. The fraction of sp³-hybridized carbons (Fsp3) is 0.235. The zero-order chi connectivity index (χ0) is 14.7. The summed E-state index contributed by atoms with van der Waals surface area (Å²) in [5.74, 6) is 0.0248. The maximum absolute atomic E-state index is 12.9. The van der Waals surface area contributed by atoms with Gasteiger partial charge in [0, 0.05) is 25.3 Å². The highest BCUT2D eigenvalue weighted by Crippen LogP contribution is 2.30. The Labute approximate surface area is 124 Å². The van der Waals surface area contributed by atoms with Crippen molar-refractivity contribution in [2.24, 2.45) is 0 Å². The molecule has 2 aromatic rings. The van der Waals surface area contributed by atoms with Gasteiger partial charge in [0.15, 0.2) is 0 Å². The molecule has 0 bridgehead atoms. The van der Waals surface area contributed by atoms with Crippen LogP contribution in [0.25, 0.3) is 0 Å². The van der Waals surface area contributed by atoms with Crippen LogP contribution in [0.3, 0.4) is 0 Å². The van der Waals surface area contributed by atoms with E-state index < -0.39 is 0 Å². The number of nitrogens with zero attached hydrogens (tertiary/aromatic N) is 1. The number of para-hydroxylation sites is 2. The van der Waals surface area contributed by atoms with Gasteiger partial charge in [-0.25, -0.2) is 0 Å². The molecule has 1 heterocycles. The predicted molar refractivity (Wildman–Crippen MR) is 87.2 cm³/mol. The molecule has 1 aliphatic heterocycles. The van der Waals surface area contributed by atoms with Crippen LogP contribution in [0, 0.1) is 0 Å². The Bertz CT molecular complexity index is 640. The molecule has 0 saturated heterocycles. The van der Waals surface area contributed by atoms with Crippen molar-refractivity contribution in [2.45, 2.75) is 6.92 Å². The number of hydrogen-bond donors (Lipinski definition) is 2. The van der Waals surface area contributed by atoms with Crippen LogP contribution in [0.2, 0.25) is 0 Å². The predicted octanol–water partition coefficient (Wildman–Crippen LogP) is 3.19. The van der Waals surface area contributed by atoms with Gasteiger partial charge in [0.1, 0.15) is 0 Å². The van der Waals surface area contributed by atoms with Crippen LogP contribution in [0.5, 0.6) is 0 Å². The zero-order valence-corrected chi connectivity index (χ0v) is 12.1. The summed E-state index contributed by atoms with van der Waals surface area (Å²) in [6, 6.07) is 15.6. The first kappa shape index (κ1) is 13.5. The molecule has 2 aromatic carbocycles. The van der Waals surface area contributed by atoms with Crippen molar-refractivity contribution in [1.29, 1.82) is 0 Å². The third-order valence-corrected chi connectivity index (χ3v) is 3.67. The molecule has 108 valence electrons. The van der Waals surface area contributed by atoms with Gasteiger partial charge in [-0.3, -0.25) is 4.79 Å². The summed E-state index contributed by atoms with van der Waals surface area (Å²) >= 11 is 0. The van der Waals surface area contributed by atoms with Crippen LogP contribution in [0.15, 0.2) is 48.5 Å². The van der Waals surface area contributed by atoms with Gasteiger partial charge in [-0.2, -0.15) is 0 Å². The quantitative estimate of drug-likeness (QED) is 0.908. The van der Waals surface area contributed by atoms with Crippen molar-refractivity contribution in [3.63, 3.8) is 0 Å². The molecule has 0 aromatic heterocycles. The van der Waals surface area contributed by atoms with E-state index in [0.717, 1.165) is 30.2 Å². The van der Waals surface area contributed by atoms with Crippen molar-refractivity contribution in [2.75, 3.05) is 35.2 Å². The molecule has 1 amide bonds. The van der Waals surface area contributed by atoms with Crippen LogP contribution in [-0.2, 0) is 0 Å². The average molecular weight is 281 g/mol. The highest BCUT2D eigenvalue weighted by atomic mass is 16.2. The Hall–Kier alpha value is -2.49. The van der Waals surface area contributed by atoms with E-state index in [-0.39, 0.29) is 5.91 Å². The van der Waals surface area contributed by atoms with Crippen LogP contribution in [0.1, 0.15) is 17.3 Å². The highest BCUT2D eigenvalue weighted by Gasteiger charge is 2.22. The van der Waals surface area contributed by atoms with Crippen LogP contribution >= 0.6 is 0 Å². The second-order valence-electron chi connectivity index (χ2n) is 4.97. The smallest absolute Gasteiger partial charge is 0.260 e. The van der Waals surface area contributed by atoms with Crippen molar-refractivity contribution in [1.82, 2.24) is 0 Å². The first-order chi connectivity index (χ1) is 10.3. The molecular weight excluding hydrogens is 262 g/mol. The lowest BCUT2D eigenvalue weighted by molar-refractivity contribution is 0.0989. The summed E-state index contributed by atoms with van der Waals surface area (Å²) in [7, 11) is 0. The van der Waals surface area contributed by atoms with Crippen LogP contribution < -0.4 is 15.5 Å². The number of fused-ring (bicyclic) bond motifs is 1. The Morgan fingerprint density at radius 2 is 1.81 bits per heavy atom. The fourth-order valence-electron chi connectivity index (χ4n) is 2.65. The molecule has 0 atom stereocenters. The Morgan fingerprint density at radius 3 is 2.57 bits per heavy atom. The van der Waals surface area contributed by atoms with Crippen LogP contribution in [0.4, 0.5) is 17.1 Å². The van der Waals surface area contributed by atoms with E-state index in [4.69, 9.17) is 0 Å². The van der Waals surface area contributed by atoms with E-state index in [9.17, 15) is 4.79 Å². The lowest BCUT2D eigenvalue weighted by Gasteiger charge is -2.26. The van der Waals surface area contributed by atoms with E-state index in [1.165, 1.54) is 0 Å². The summed E-state index contributed by atoms with van der Waals surface area (Å²) in [5.41, 5.74) is 3.54. The third-order valence-electron chi connectivity index (χ3n) is 3.67. The van der Waals surface area contributed by atoms with Crippen molar-refractivity contribution < 1.29 is 4.79 Å². The minimum absolute atomic E-state index is 0.0248. The van der Waals surface area contributed by atoms with Gasteiger partial charge in [-0.15, -0.1) is 0 Å². The standard InChI is InChI=1S/C17H19N3O/c1-2-20(13-7-4-3-5-8-13)17(21)14-9-6-10-15-16(14)19-12-11-18-15/h3-10,18-19H,2,11-12H2,1H3. The van der Waals surface area contributed by atoms with Crippen molar-refractivity contribution in [3.05, 3.63) is 54.1 Å². The van der Waals surface area contributed by atoms with Gasteiger partial charge in [0.05, 0.1) is 16.9 Å². The van der Waals surface area contributed by atoms with Gasteiger partial charge in [-0.1, -0.05) is 24.3 Å². The number of anilines is 3. The van der Waals surface area contributed by atoms with E-state index in [1.807, 2.05) is 55.5 Å². The number of amides is 1. The Balaban J connectivity index is 1.98. The summed E-state index contributed by atoms with van der Waals surface area (Å²) in [6.07, 6.45) is 0. The molecule has 0 saturated carbocycles. The number of carbonyl (C=O) groups excluding carboxylic acids is 1. The maximum Gasteiger partial charge on any atom is 0.260 e. The molecule has 4 heteroatoms. The average Bonchev–Trinajstić information content (AvgIpc) is 2.56. The van der Waals surface area contributed by atoms with Gasteiger partial charge in [-0.05, 0) is 31.2 Å². The lowest BCUT2D eigenvalue weighted by atomic mass is 10.1. The molecule has 0 radical (unpaired) electrons. The monoisotopic (exact) mass is 281 g/mol. The normalized spacial score (nSPS) is 12.8. The number of nitrogens with one attached hydrogen (secondary N) is 2. The molecule has 2 N–H and O–H groups in total. The maximum atomic E-state index is 12.9. The summed E-state index contributed by atoms with van der Waals surface area (Å²) in [6.45, 7) is 4.33. The minimum Gasteiger partial charge on any atom is -0.382 e. The SMILES string of the molecule is CCN(C(=O)c1cccc2c1NCCN2)c1ccccc1. The number of rotatable bonds is 3. The third kappa shape index (κ3) is 2.57. The summed E-state index contributed by atoms with van der Waals surface area (Å²) < 4.78 is 0. The minimum atomic E-state index is 0.0248. The second-order valence-corrected chi connectivity index (χ2v) is 4.97. The molecular formula is C17H19N3O. The number of carbonyl (C=O) groups is 1. The topological polar surface area (TPSA) is 44.4 Å². The van der Waals surface area contributed by atoms with E-state index in [0.29, 0.717) is 12.1 Å².